The molecule has 2 aliphatic rings. The quantitative estimate of drug-likeness (QED) is 0.674. The second kappa shape index (κ2) is 8.60. The van der Waals surface area contributed by atoms with Crippen LogP contribution in [0.1, 0.15) is 25.7 Å². The van der Waals surface area contributed by atoms with Crippen LogP contribution in [-0.4, -0.2) is 54.6 Å². The molecule has 1 aliphatic heterocycles. The van der Waals surface area contributed by atoms with Crippen molar-refractivity contribution in [3.63, 3.8) is 0 Å². The molecule has 3 heterocycles. The first-order chi connectivity index (χ1) is 14.8. The number of piperazine rings is 1. The fourth-order valence-corrected chi connectivity index (χ4v) is 4.72. The largest absolute Gasteiger partial charge is 0.369 e. The summed E-state index contributed by atoms with van der Waals surface area (Å²) in [6, 6.07) is 15.1. The van der Waals surface area contributed by atoms with Gasteiger partial charge in [0.05, 0.1) is 11.2 Å². The number of likely N-dealkylation sites (N-methyl/N-ethyl adjacent to an activating group) is 1. The minimum absolute atomic E-state index is 0.769. The molecule has 0 atom stereocenters. The van der Waals surface area contributed by atoms with E-state index in [4.69, 9.17) is 4.98 Å². The molecule has 5 rings (SSSR count). The number of hydrogen-bond acceptors (Lipinski definition) is 5. The molecule has 1 aromatic carbocycles. The van der Waals surface area contributed by atoms with Gasteiger partial charge in [0, 0.05) is 55.6 Å². The number of pyridine rings is 2. The Kier molecular flexibility index (Phi) is 5.54. The van der Waals surface area contributed by atoms with E-state index >= 15 is 0 Å². The zero-order valence-electron chi connectivity index (χ0n) is 17.8. The third-order valence-corrected chi connectivity index (χ3v) is 6.66. The van der Waals surface area contributed by atoms with Crippen molar-refractivity contribution in [2.24, 2.45) is 5.92 Å². The first kappa shape index (κ1) is 19.3. The van der Waals surface area contributed by atoms with Crippen LogP contribution in [0.2, 0.25) is 0 Å². The van der Waals surface area contributed by atoms with Crippen LogP contribution in [0.3, 0.4) is 0 Å². The van der Waals surface area contributed by atoms with Gasteiger partial charge in [0.25, 0.3) is 0 Å². The molecule has 0 radical (unpaired) electrons. The zero-order valence-corrected chi connectivity index (χ0v) is 17.8. The number of hydrogen-bond donors (Lipinski definition) is 1. The number of anilines is 2. The number of aromatic nitrogens is 2. The van der Waals surface area contributed by atoms with Gasteiger partial charge in [-0.2, -0.15) is 0 Å². The summed E-state index contributed by atoms with van der Waals surface area (Å²) in [4.78, 5) is 14.5. The number of nitrogens with zero attached hydrogens (tertiary/aromatic N) is 4. The summed E-state index contributed by atoms with van der Waals surface area (Å²) in [5, 5.41) is 4.75. The van der Waals surface area contributed by atoms with Crippen LogP contribution in [-0.2, 0) is 0 Å². The average molecular weight is 402 g/mol. The maximum Gasteiger partial charge on any atom is 0.136 e. The van der Waals surface area contributed by atoms with Gasteiger partial charge in [-0.3, -0.25) is 4.98 Å². The topological polar surface area (TPSA) is 44.3 Å². The summed E-state index contributed by atoms with van der Waals surface area (Å²) in [5.41, 5.74) is 4.43. The Hall–Kier alpha value is -2.66. The number of rotatable bonds is 5. The molecule has 0 bridgehead atoms. The van der Waals surface area contributed by atoms with Crippen molar-refractivity contribution in [3.8, 4) is 11.3 Å². The first-order valence-electron chi connectivity index (χ1n) is 11.3. The van der Waals surface area contributed by atoms with Gasteiger partial charge >= 0.3 is 0 Å². The van der Waals surface area contributed by atoms with Gasteiger partial charge in [-0.15, -0.1) is 0 Å². The third kappa shape index (κ3) is 4.12. The van der Waals surface area contributed by atoms with Crippen LogP contribution in [0, 0.1) is 5.92 Å². The van der Waals surface area contributed by atoms with Crippen molar-refractivity contribution in [1.29, 1.82) is 0 Å². The summed E-state index contributed by atoms with van der Waals surface area (Å²) < 4.78 is 0. The summed E-state index contributed by atoms with van der Waals surface area (Å²) in [6.45, 7) is 5.42. The van der Waals surface area contributed by atoms with Gasteiger partial charge in [-0.25, -0.2) is 4.98 Å². The monoisotopic (exact) mass is 401 g/mol. The highest BCUT2D eigenvalue weighted by molar-refractivity contribution is 5.92. The van der Waals surface area contributed by atoms with Gasteiger partial charge in [-0.05, 0) is 56.1 Å². The molecule has 30 heavy (non-hydrogen) atoms. The Morgan fingerprint density at radius 3 is 2.53 bits per heavy atom. The molecule has 2 fully saturated rings. The second-order valence-corrected chi connectivity index (χ2v) is 8.79. The maximum absolute atomic E-state index is 5.01. The number of benzene rings is 1. The van der Waals surface area contributed by atoms with Crippen LogP contribution in [0.4, 0.5) is 11.5 Å². The van der Waals surface area contributed by atoms with Crippen molar-refractivity contribution < 1.29 is 0 Å². The standard InChI is InChI=1S/C25H31N5/c1-29-13-15-30(16-14-29)21-10-8-20(9-11-21)23-17-24-22(7-4-12-26-24)25(28-23)27-18-19-5-2-3-6-19/h4,7-12,17,19H,2-3,5-6,13-16,18H2,1H3,(H,27,28). The van der Waals surface area contributed by atoms with Gasteiger partial charge < -0.3 is 15.1 Å². The fraction of sp³-hybridized carbons (Fsp3) is 0.440. The van der Waals surface area contributed by atoms with Crippen LogP contribution in [0.15, 0.2) is 48.7 Å². The molecule has 156 valence electrons. The Morgan fingerprint density at radius 1 is 1.00 bits per heavy atom. The van der Waals surface area contributed by atoms with Crippen LogP contribution < -0.4 is 10.2 Å². The Bertz CT molecular complexity index is 986. The van der Waals surface area contributed by atoms with E-state index < -0.39 is 0 Å². The van der Waals surface area contributed by atoms with E-state index in [0.29, 0.717) is 0 Å². The summed E-state index contributed by atoms with van der Waals surface area (Å²) >= 11 is 0. The van der Waals surface area contributed by atoms with Gasteiger partial charge in [-0.1, -0.05) is 25.0 Å². The van der Waals surface area contributed by atoms with E-state index in [1.165, 1.54) is 31.4 Å². The summed E-state index contributed by atoms with van der Waals surface area (Å²) in [6.07, 6.45) is 7.25. The van der Waals surface area contributed by atoms with E-state index in [1.54, 1.807) is 0 Å². The van der Waals surface area contributed by atoms with E-state index in [1.807, 2.05) is 12.3 Å². The zero-order chi connectivity index (χ0) is 20.3. The van der Waals surface area contributed by atoms with Gasteiger partial charge in [0.15, 0.2) is 0 Å². The van der Waals surface area contributed by atoms with E-state index in [-0.39, 0.29) is 0 Å². The Morgan fingerprint density at radius 2 is 1.77 bits per heavy atom. The first-order valence-corrected chi connectivity index (χ1v) is 11.3. The molecular formula is C25H31N5. The number of nitrogens with one attached hydrogen (secondary N) is 1. The molecule has 1 saturated heterocycles. The third-order valence-electron chi connectivity index (χ3n) is 6.66. The number of fused-ring (bicyclic) bond motifs is 1. The lowest BCUT2D eigenvalue weighted by molar-refractivity contribution is 0.313. The van der Waals surface area contributed by atoms with E-state index in [2.05, 4.69) is 63.5 Å². The van der Waals surface area contributed by atoms with Crippen molar-refractivity contribution in [2.75, 3.05) is 50.0 Å². The smallest absolute Gasteiger partial charge is 0.136 e. The average Bonchev–Trinajstić information content (AvgIpc) is 3.32. The molecule has 5 heteroatoms. The molecule has 0 spiro atoms. The molecule has 0 unspecified atom stereocenters. The van der Waals surface area contributed by atoms with Crippen molar-refractivity contribution in [3.05, 3.63) is 48.7 Å². The second-order valence-electron chi connectivity index (χ2n) is 8.79. The van der Waals surface area contributed by atoms with Gasteiger partial charge in [0.2, 0.25) is 0 Å². The normalized spacial score (nSPS) is 18.2. The molecule has 2 aromatic heterocycles. The lowest BCUT2D eigenvalue weighted by Gasteiger charge is -2.34. The summed E-state index contributed by atoms with van der Waals surface area (Å²) in [7, 11) is 2.19. The molecule has 1 saturated carbocycles. The Labute approximate surface area is 179 Å². The van der Waals surface area contributed by atoms with Crippen LogP contribution >= 0.6 is 0 Å². The van der Waals surface area contributed by atoms with Crippen LogP contribution in [0.5, 0.6) is 0 Å². The molecule has 3 aromatic rings. The molecular weight excluding hydrogens is 370 g/mol. The highest BCUT2D eigenvalue weighted by atomic mass is 15.2. The molecule has 1 N–H and O–H groups in total. The molecule has 0 amide bonds. The Balaban J connectivity index is 1.40. The van der Waals surface area contributed by atoms with Crippen LogP contribution in [0.25, 0.3) is 22.2 Å². The lowest BCUT2D eigenvalue weighted by Crippen LogP contribution is -2.44. The van der Waals surface area contributed by atoms with E-state index in [0.717, 1.165) is 66.6 Å². The molecule has 1 aliphatic carbocycles. The fourth-order valence-electron chi connectivity index (χ4n) is 4.72. The van der Waals surface area contributed by atoms with Crippen molar-refractivity contribution >= 4 is 22.4 Å². The maximum atomic E-state index is 5.01. The SMILES string of the molecule is CN1CCN(c2ccc(-c3cc4ncccc4c(NCC4CCCC4)n3)cc2)CC1. The summed E-state index contributed by atoms with van der Waals surface area (Å²) in [5.74, 6) is 1.73. The van der Waals surface area contributed by atoms with Crippen molar-refractivity contribution in [1.82, 2.24) is 14.9 Å². The minimum Gasteiger partial charge on any atom is -0.369 e. The predicted molar refractivity (Wildman–Crippen MR) is 125 cm³/mol. The minimum atomic E-state index is 0.769. The van der Waals surface area contributed by atoms with Gasteiger partial charge in [0.1, 0.15) is 5.82 Å². The lowest BCUT2D eigenvalue weighted by atomic mass is 10.1. The predicted octanol–water partition coefficient (Wildman–Crippen LogP) is 4.65. The highest BCUT2D eigenvalue weighted by Crippen LogP contribution is 2.30. The van der Waals surface area contributed by atoms with Crippen molar-refractivity contribution in [2.45, 2.75) is 25.7 Å². The van der Waals surface area contributed by atoms with E-state index in [9.17, 15) is 0 Å². The molecule has 5 nitrogen and oxygen atoms in total. The highest BCUT2D eigenvalue weighted by Gasteiger charge is 2.17.